The highest BCUT2D eigenvalue weighted by Crippen LogP contribution is 2.34. The van der Waals surface area contributed by atoms with Crippen molar-refractivity contribution in [1.29, 1.82) is 0 Å². The maximum Gasteiger partial charge on any atom is 0.247 e. The first kappa shape index (κ1) is 20.7. The second kappa shape index (κ2) is 8.37. The van der Waals surface area contributed by atoms with E-state index in [4.69, 9.17) is 0 Å². The molecule has 0 heterocycles. The molecule has 0 aliphatic rings. The molecule has 0 saturated carbocycles. The predicted octanol–water partition coefficient (Wildman–Crippen LogP) is 5.54. The zero-order chi connectivity index (χ0) is 20.3. The molecular formula is C21H21F4NO. The molecule has 0 bridgehead atoms. The van der Waals surface area contributed by atoms with Crippen LogP contribution in [0.4, 0.5) is 17.6 Å². The van der Waals surface area contributed by atoms with Crippen LogP contribution in [0.1, 0.15) is 38.3 Å². The average Bonchev–Trinajstić information content (AvgIpc) is 2.65. The van der Waals surface area contributed by atoms with Gasteiger partial charge in [0.15, 0.2) is 17.5 Å². The molecule has 0 spiro atoms. The smallest absolute Gasteiger partial charge is 0.247 e. The van der Waals surface area contributed by atoms with Gasteiger partial charge in [0.25, 0.3) is 0 Å². The van der Waals surface area contributed by atoms with Crippen LogP contribution >= 0.6 is 0 Å². The number of amides is 1. The largest absolute Gasteiger partial charge is 0.352 e. The molecule has 2 aromatic carbocycles. The van der Waals surface area contributed by atoms with Crippen molar-refractivity contribution < 1.29 is 22.4 Å². The minimum atomic E-state index is -1.61. The van der Waals surface area contributed by atoms with Gasteiger partial charge in [-0.1, -0.05) is 6.92 Å². The van der Waals surface area contributed by atoms with Gasteiger partial charge in [-0.3, -0.25) is 4.79 Å². The third-order valence-electron chi connectivity index (χ3n) is 4.54. The summed E-state index contributed by atoms with van der Waals surface area (Å²) in [6, 6.07) is 4.17. The summed E-state index contributed by atoms with van der Waals surface area (Å²) in [5.41, 5.74) is 1.63. The molecule has 0 aliphatic heterocycles. The highest BCUT2D eigenvalue weighted by atomic mass is 19.2. The van der Waals surface area contributed by atoms with E-state index >= 15 is 0 Å². The monoisotopic (exact) mass is 379 g/mol. The van der Waals surface area contributed by atoms with E-state index in [9.17, 15) is 22.4 Å². The Morgan fingerprint density at radius 2 is 1.67 bits per heavy atom. The summed E-state index contributed by atoms with van der Waals surface area (Å²) >= 11 is 0. The molecule has 0 fully saturated rings. The van der Waals surface area contributed by atoms with Crippen LogP contribution in [0.25, 0.3) is 16.7 Å². The fraction of sp³-hybridized carbons (Fsp3) is 0.286. The first-order valence-corrected chi connectivity index (χ1v) is 8.59. The Kier molecular flexibility index (Phi) is 6.41. The van der Waals surface area contributed by atoms with Crippen molar-refractivity contribution in [3.05, 3.63) is 64.2 Å². The summed E-state index contributed by atoms with van der Waals surface area (Å²) in [5.74, 6) is -5.26. The Morgan fingerprint density at radius 3 is 2.30 bits per heavy atom. The molecule has 2 nitrogen and oxygen atoms in total. The number of rotatable bonds is 5. The van der Waals surface area contributed by atoms with E-state index < -0.39 is 23.3 Å². The number of carbonyl (C=O) groups excluding carboxylic acids is 1. The molecule has 0 unspecified atom stereocenters. The SMILES string of the molecule is CCCNC(=O)/C(C)=C(\C)c1cc(F)cc(-c2ccc(F)c(F)c2F)c1C. The molecule has 0 aliphatic carbocycles. The minimum Gasteiger partial charge on any atom is -0.352 e. The fourth-order valence-corrected chi connectivity index (χ4v) is 2.83. The van der Waals surface area contributed by atoms with Gasteiger partial charge in [-0.25, -0.2) is 17.6 Å². The first-order chi connectivity index (χ1) is 12.7. The van der Waals surface area contributed by atoms with Gasteiger partial charge in [-0.05, 0) is 73.7 Å². The van der Waals surface area contributed by atoms with Gasteiger partial charge in [0.05, 0.1) is 0 Å². The maximum atomic E-state index is 14.2. The van der Waals surface area contributed by atoms with Crippen LogP contribution in [0.5, 0.6) is 0 Å². The molecule has 2 rings (SSSR count). The van der Waals surface area contributed by atoms with Gasteiger partial charge in [0, 0.05) is 17.7 Å². The quantitative estimate of drug-likeness (QED) is 0.413. The molecule has 0 radical (unpaired) electrons. The van der Waals surface area contributed by atoms with E-state index in [1.165, 1.54) is 6.07 Å². The van der Waals surface area contributed by atoms with Crippen LogP contribution in [0, 0.1) is 30.2 Å². The van der Waals surface area contributed by atoms with Crippen molar-refractivity contribution in [1.82, 2.24) is 5.32 Å². The summed E-state index contributed by atoms with van der Waals surface area (Å²) in [6.07, 6.45) is 0.774. The topological polar surface area (TPSA) is 29.1 Å². The molecule has 27 heavy (non-hydrogen) atoms. The first-order valence-electron chi connectivity index (χ1n) is 8.59. The van der Waals surface area contributed by atoms with Gasteiger partial charge in [0.1, 0.15) is 5.82 Å². The molecule has 2 aromatic rings. The summed E-state index contributed by atoms with van der Waals surface area (Å²) in [7, 11) is 0. The lowest BCUT2D eigenvalue weighted by Gasteiger charge is -2.16. The third-order valence-corrected chi connectivity index (χ3v) is 4.54. The van der Waals surface area contributed by atoms with Crippen LogP contribution in [0.3, 0.4) is 0 Å². The van der Waals surface area contributed by atoms with Gasteiger partial charge < -0.3 is 5.32 Å². The van der Waals surface area contributed by atoms with Gasteiger partial charge >= 0.3 is 0 Å². The zero-order valence-corrected chi connectivity index (χ0v) is 15.6. The number of allylic oxidation sites excluding steroid dienone is 1. The Morgan fingerprint density at radius 1 is 1.00 bits per heavy atom. The van der Waals surface area contributed by atoms with Crippen molar-refractivity contribution in [2.24, 2.45) is 0 Å². The summed E-state index contributed by atoms with van der Waals surface area (Å²) in [5, 5.41) is 2.74. The predicted molar refractivity (Wildman–Crippen MR) is 98.0 cm³/mol. The Hall–Kier alpha value is -2.63. The van der Waals surface area contributed by atoms with Crippen LogP contribution in [-0.2, 0) is 4.79 Å². The lowest BCUT2D eigenvalue weighted by Crippen LogP contribution is -2.25. The highest BCUT2D eigenvalue weighted by molar-refractivity contribution is 6.00. The fourth-order valence-electron chi connectivity index (χ4n) is 2.83. The second-order valence-corrected chi connectivity index (χ2v) is 6.35. The summed E-state index contributed by atoms with van der Waals surface area (Å²) in [4.78, 5) is 12.2. The van der Waals surface area contributed by atoms with E-state index in [2.05, 4.69) is 5.32 Å². The van der Waals surface area contributed by atoms with E-state index in [0.717, 1.165) is 24.6 Å². The summed E-state index contributed by atoms with van der Waals surface area (Å²) in [6.45, 7) is 7.32. The number of carbonyl (C=O) groups is 1. The number of nitrogens with one attached hydrogen (secondary N) is 1. The Bertz CT molecular complexity index is 919. The van der Waals surface area contributed by atoms with Crippen LogP contribution < -0.4 is 5.32 Å². The Labute approximate surface area is 155 Å². The Balaban J connectivity index is 2.63. The molecule has 0 atom stereocenters. The summed E-state index contributed by atoms with van der Waals surface area (Å²) < 4.78 is 55.3. The number of hydrogen-bond acceptors (Lipinski definition) is 1. The van der Waals surface area contributed by atoms with E-state index in [1.54, 1.807) is 20.8 Å². The second-order valence-electron chi connectivity index (χ2n) is 6.35. The van der Waals surface area contributed by atoms with Crippen molar-refractivity contribution in [2.75, 3.05) is 6.54 Å². The minimum absolute atomic E-state index is 0.0996. The lowest BCUT2D eigenvalue weighted by molar-refractivity contribution is -0.117. The van der Waals surface area contributed by atoms with Crippen molar-refractivity contribution in [3.63, 3.8) is 0 Å². The molecular weight excluding hydrogens is 358 g/mol. The van der Waals surface area contributed by atoms with Gasteiger partial charge in [-0.2, -0.15) is 0 Å². The van der Waals surface area contributed by atoms with Crippen LogP contribution in [-0.4, -0.2) is 12.5 Å². The molecule has 1 amide bonds. The number of halogens is 4. The molecule has 1 N–H and O–H groups in total. The molecule has 0 saturated heterocycles. The number of hydrogen-bond donors (Lipinski definition) is 1. The highest BCUT2D eigenvalue weighted by Gasteiger charge is 2.20. The van der Waals surface area contributed by atoms with Crippen molar-refractivity contribution in [2.45, 2.75) is 34.1 Å². The normalized spacial score (nSPS) is 12.0. The number of benzene rings is 2. The maximum absolute atomic E-state index is 14.2. The van der Waals surface area contributed by atoms with E-state index in [-0.39, 0.29) is 17.0 Å². The molecule has 144 valence electrons. The molecule has 6 heteroatoms. The van der Waals surface area contributed by atoms with Gasteiger partial charge in [-0.15, -0.1) is 0 Å². The standard InChI is InChI=1S/C21H21F4NO/c1-5-8-26-21(27)12(3)11(2)16-9-14(22)10-17(13(16)4)15-6-7-18(23)20(25)19(15)24/h6-7,9-10H,5,8H2,1-4H3,(H,26,27)/b12-11+. The van der Waals surface area contributed by atoms with Crippen LogP contribution in [0.15, 0.2) is 29.8 Å². The average molecular weight is 379 g/mol. The third kappa shape index (κ3) is 4.21. The van der Waals surface area contributed by atoms with E-state index in [1.807, 2.05) is 6.92 Å². The van der Waals surface area contributed by atoms with Gasteiger partial charge in [0.2, 0.25) is 5.91 Å². The van der Waals surface area contributed by atoms with Crippen molar-refractivity contribution in [3.8, 4) is 11.1 Å². The molecule has 0 aromatic heterocycles. The zero-order valence-electron chi connectivity index (χ0n) is 15.6. The van der Waals surface area contributed by atoms with Crippen LogP contribution in [0.2, 0.25) is 0 Å². The lowest BCUT2D eigenvalue weighted by atomic mass is 9.90. The van der Waals surface area contributed by atoms with E-state index in [0.29, 0.717) is 28.8 Å². The van der Waals surface area contributed by atoms with Crippen molar-refractivity contribution >= 4 is 11.5 Å².